The Morgan fingerprint density at radius 2 is 1.38 bits per heavy atom. The predicted molar refractivity (Wildman–Crippen MR) is 47.1 cm³/mol. The van der Waals surface area contributed by atoms with Gasteiger partial charge in [0.2, 0.25) is 0 Å². The van der Waals surface area contributed by atoms with Gasteiger partial charge in [-0.2, -0.15) is 0 Å². The molecule has 0 aliphatic carbocycles. The SMILES string of the molecule is O=C=c1[nH]c(=C=O)c2ccccc12. The Hall–Kier alpha value is -2.08. The minimum atomic E-state index is 0.300. The summed E-state index contributed by atoms with van der Waals surface area (Å²) in [5, 5.41) is 2.01. The van der Waals surface area contributed by atoms with Crippen LogP contribution in [0.25, 0.3) is 10.8 Å². The second-order valence-electron chi connectivity index (χ2n) is 2.62. The molecule has 0 unspecified atom stereocenters. The van der Waals surface area contributed by atoms with Gasteiger partial charge in [0.15, 0.2) is 11.9 Å². The number of H-pyrrole nitrogens is 1. The molecule has 1 heterocycles. The minimum Gasteiger partial charge on any atom is -0.336 e. The molecule has 0 aliphatic heterocycles. The molecule has 13 heavy (non-hydrogen) atoms. The normalized spacial score (nSPS) is 9.54. The number of rotatable bonds is 0. The second kappa shape index (κ2) is 2.76. The zero-order valence-corrected chi connectivity index (χ0v) is 6.63. The first-order valence-corrected chi connectivity index (χ1v) is 3.74. The van der Waals surface area contributed by atoms with Crippen molar-refractivity contribution >= 4 is 22.7 Å². The topological polar surface area (TPSA) is 49.9 Å². The van der Waals surface area contributed by atoms with E-state index in [0.717, 1.165) is 0 Å². The maximum Gasteiger partial charge on any atom is 0.151 e. The Morgan fingerprint density at radius 1 is 0.923 bits per heavy atom. The summed E-state index contributed by atoms with van der Waals surface area (Å²) in [7, 11) is 0. The number of nitrogens with one attached hydrogen (secondary N) is 1. The van der Waals surface area contributed by atoms with Crippen molar-refractivity contribution in [1.82, 2.24) is 4.98 Å². The van der Waals surface area contributed by atoms with Crippen LogP contribution in [0.2, 0.25) is 0 Å². The third kappa shape index (κ3) is 1.00. The Labute approximate surface area is 73.0 Å². The Balaban J connectivity index is 3.28. The number of aromatic nitrogens is 1. The van der Waals surface area contributed by atoms with Gasteiger partial charge < -0.3 is 4.98 Å². The van der Waals surface area contributed by atoms with Gasteiger partial charge in [0, 0.05) is 10.8 Å². The van der Waals surface area contributed by atoms with E-state index in [1.54, 1.807) is 36.1 Å². The van der Waals surface area contributed by atoms with Crippen LogP contribution in [0.5, 0.6) is 0 Å². The van der Waals surface area contributed by atoms with E-state index < -0.39 is 0 Å². The van der Waals surface area contributed by atoms with Crippen molar-refractivity contribution in [3.05, 3.63) is 35.0 Å². The molecular weight excluding hydrogens is 166 g/mol. The molecule has 0 bridgehead atoms. The predicted octanol–water partition coefficient (Wildman–Crippen LogP) is -0.826. The van der Waals surface area contributed by atoms with Crippen LogP contribution in [0.3, 0.4) is 0 Å². The average Bonchev–Trinajstić information content (AvgIpc) is 2.56. The molecule has 3 heteroatoms. The third-order valence-corrected chi connectivity index (χ3v) is 1.92. The van der Waals surface area contributed by atoms with Crippen LogP contribution < -0.4 is 10.7 Å². The number of benzene rings is 1. The van der Waals surface area contributed by atoms with Crippen LogP contribution in [-0.2, 0) is 9.59 Å². The maximum atomic E-state index is 10.5. The smallest absolute Gasteiger partial charge is 0.151 e. The van der Waals surface area contributed by atoms with E-state index in [-0.39, 0.29) is 0 Å². The fourth-order valence-corrected chi connectivity index (χ4v) is 1.34. The molecule has 0 saturated heterocycles. The van der Waals surface area contributed by atoms with Crippen molar-refractivity contribution in [3.63, 3.8) is 0 Å². The molecular formula is C10H5NO2. The third-order valence-electron chi connectivity index (χ3n) is 1.92. The summed E-state index contributed by atoms with van der Waals surface area (Å²) < 4.78 is 0. The molecule has 0 aliphatic rings. The summed E-state index contributed by atoms with van der Waals surface area (Å²) in [6, 6.07) is 7.11. The summed E-state index contributed by atoms with van der Waals surface area (Å²) in [6.07, 6.45) is 0. The quantitative estimate of drug-likeness (QED) is 0.562. The monoisotopic (exact) mass is 171 g/mol. The van der Waals surface area contributed by atoms with Gasteiger partial charge in [-0.05, 0) is 0 Å². The lowest BCUT2D eigenvalue weighted by atomic mass is 10.2. The number of carbonyl (C=O) groups excluding carboxylic acids is 2. The minimum absolute atomic E-state index is 0.300. The van der Waals surface area contributed by atoms with Crippen LogP contribution >= 0.6 is 0 Å². The van der Waals surface area contributed by atoms with Gasteiger partial charge in [-0.1, -0.05) is 24.3 Å². The van der Waals surface area contributed by atoms with Crippen LogP contribution in [0, 0.1) is 0 Å². The van der Waals surface area contributed by atoms with Crippen LogP contribution in [0.1, 0.15) is 0 Å². The number of hydrogen-bond acceptors (Lipinski definition) is 2. The summed E-state index contributed by atoms with van der Waals surface area (Å²) >= 11 is 0. The molecule has 1 aromatic heterocycles. The molecule has 0 saturated carbocycles. The van der Waals surface area contributed by atoms with E-state index in [2.05, 4.69) is 4.98 Å². The van der Waals surface area contributed by atoms with Crippen molar-refractivity contribution in [3.8, 4) is 0 Å². The molecule has 62 valence electrons. The first kappa shape index (κ1) is 7.56. The molecule has 0 radical (unpaired) electrons. The summed E-state index contributed by atoms with van der Waals surface area (Å²) in [4.78, 5) is 23.6. The van der Waals surface area contributed by atoms with E-state index in [1.165, 1.54) is 0 Å². The molecule has 2 aromatic rings. The van der Waals surface area contributed by atoms with Gasteiger partial charge in [0.05, 0.1) is 0 Å². The summed E-state index contributed by atoms with van der Waals surface area (Å²) in [5.74, 6) is 3.48. The summed E-state index contributed by atoms with van der Waals surface area (Å²) in [5.41, 5.74) is 0. The van der Waals surface area contributed by atoms with Gasteiger partial charge in [0.25, 0.3) is 0 Å². The van der Waals surface area contributed by atoms with Crippen molar-refractivity contribution in [2.75, 3.05) is 0 Å². The van der Waals surface area contributed by atoms with Crippen molar-refractivity contribution in [1.29, 1.82) is 0 Å². The van der Waals surface area contributed by atoms with Gasteiger partial charge in [0.1, 0.15) is 10.7 Å². The van der Waals surface area contributed by atoms with Crippen molar-refractivity contribution < 1.29 is 9.59 Å². The van der Waals surface area contributed by atoms with E-state index in [9.17, 15) is 9.59 Å². The fourth-order valence-electron chi connectivity index (χ4n) is 1.34. The Morgan fingerprint density at radius 3 is 1.77 bits per heavy atom. The molecule has 0 spiro atoms. The lowest BCUT2D eigenvalue weighted by molar-refractivity contribution is 0.566. The molecule has 0 amide bonds. The first-order valence-electron chi connectivity index (χ1n) is 3.74. The molecule has 1 N–H and O–H groups in total. The van der Waals surface area contributed by atoms with Gasteiger partial charge in [-0.25, -0.2) is 9.59 Å². The van der Waals surface area contributed by atoms with E-state index in [4.69, 9.17) is 0 Å². The maximum absolute atomic E-state index is 10.5. The highest BCUT2D eigenvalue weighted by Crippen LogP contribution is 2.01. The fraction of sp³-hybridized carbons (Fsp3) is 0. The molecule has 1 aromatic carbocycles. The summed E-state index contributed by atoms with van der Waals surface area (Å²) in [6.45, 7) is 0. The molecule has 2 rings (SSSR count). The number of fused-ring (bicyclic) bond motifs is 1. The molecule has 3 nitrogen and oxygen atoms in total. The van der Waals surface area contributed by atoms with E-state index in [0.29, 0.717) is 21.5 Å². The van der Waals surface area contributed by atoms with Crippen LogP contribution in [0.15, 0.2) is 24.3 Å². The van der Waals surface area contributed by atoms with Crippen LogP contribution in [0.4, 0.5) is 0 Å². The van der Waals surface area contributed by atoms with E-state index >= 15 is 0 Å². The van der Waals surface area contributed by atoms with Gasteiger partial charge in [-0.15, -0.1) is 0 Å². The zero-order valence-electron chi connectivity index (χ0n) is 6.63. The lowest BCUT2D eigenvalue weighted by Gasteiger charge is -1.82. The Kier molecular flexibility index (Phi) is 1.60. The van der Waals surface area contributed by atoms with Crippen molar-refractivity contribution in [2.45, 2.75) is 0 Å². The van der Waals surface area contributed by atoms with E-state index in [1.807, 2.05) is 0 Å². The zero-order chi connectivity index (χ0) is 9.26. The van der Waals surface area contributed by atoms with Crippen molar-refractivity contribution in [2.24, 2.45) is 0 Å². The lowest BCUT2D eigenvalue weighted by Crippen LogP contribution is -2.11. The standard InChI is InChI=1S/C10H5NO2/c12-5-9-7-3-1-2-4-8(7)10(6-13)11-9/h1-4,11H. The average molecular weight is 171 g/mol. The number of hydrogen-bond donors (Lipinski definition) is 1. The van der Waals surface area contributed by atoms with Gasteiger partial charge in [-0.3, -0.25) is 0 Å². The second-order valence-corrected chi connectivity index (χ2v) is 2.62. The highest BCUT2D eigenvalue weighted by molar-refractivity contribution is 5.87. The highest BCUT2D eigenvalue weighted by atomic mass is 16.1. The first-order chi connectivity index (χ1) is 6.36. The molecule has 0 atom stereocenters. The molecule has 0 fully saturated rings. The Bertz CT molecular complexity index is 560. The van der Waals surface area contributed by atoms with Crippen LogP contribution in [-0.4, -0.2) is 16.9 Å². The largest absolute Gasteiger partial charge is 0.336 e. The number of aromatic amines is 1. The van der Waals surface area contributed by atoms with Gasteiger partial charge >= 0.3 is 0 Å². The highest BCUT2D eigenvalue weighted by Gasteiger charge is 1.99.